The second-order valence-electron chi connectivity index (χ2n) is 6.96. The third-order valence-corrected chi connectivity index (χ3v) is 4.87. The maximum atomic E-state index is 12.5. The number of nitrogens with zero attached hydrogens (tertiary/aromatic N) is 1. The third-order valence-electron chi connectivity index (χ3n) is 4.87. The molecule has 6 N–H and O–H groups in total. The molecule has 0 aromatic carbocycles. The van der Waals surface area contributed by atoms with Gasteiger partial charge in [-0.05, 0) is 57.6 Å². The first-order valence-corrected chi connectivity index (χ1v) is 7.97. The Morgan fingerprint density at radius 2 is 1.88 bits per heavy atom. The predicted molar refractivity (Wildman–Crippen MR) is 107 cm³/mol. The van der Waals surface area contributed by atoms with E-state index < -0.39 is 0 Å². The Hall–Kier alpha value is -1.34. The molecule has 1 saturated carbocycles. The number of aromatic amines is 1. The highest BCUT2D eigenvalue weighted by molar-refractivity contribution is 6.00. The van der Waals surface area contributed by atoms with Crippen LogP contribution in [0.25, 0.3) is 11.0 Å². The number of aromatic nitrogens is 2. The van der Waals surface area contributed by atoms with Crippen LogP contribution in [0.5, 0.6) is 0 Å². The first kappa shape index (κ1) is 23.7. The van der Waals surface area contributed by atoms with Gasteiger partial charge >= 0.3 is 0 Å². The van der Waals surface area contributed by atoms with Crippen molar-refractivity contribution in [3.05, 3.63) is 24.5 Å². The summed E-state index contributed by atoms with van der Waals surface area (Å²) in [6.45, 7) is 4.16. The zero-order chi connectivity index (χ0) is 15.7. The highest BCUT2D eigenvalue weighted by atomic mass is 35.5. The number of hydrogen-bond donors (Lipinski definition) is 3. The largest absolute Gasteiger partial charge is 0.412 e. The summed E-state index contributed by atoms with van der Waals surface area (Å²) in [7, 11) is 0. The molecule has 6 nitrogen and oxygen atoms in total. The fourth-order valence-corrected chi connectivity index (χ4v) is 3.40. The SMILES string of the molecule is CC(C)(N)C1CCC(C(=O)Nc2ccnc3[nH]ccc23)CC1.Cl.Cl.O. The van der Waals surface area contributed by atoms with Gasteiger partial charge in [0.25, 0.3) is 0 Å². The van der Waals surface area contributed by atoms with E-state index in [0.717, 1.165) is 42.4 Å². The van der Waals surface area contributed by atoms with Gasteiger partial charge in [-0.15, -0.1) is 24.8 Å². The van der Waals surface area contributed by atoms with Gasteiger partial charge in [0.05, 0.1) is 5.69 Å². The number of carbonyl (C=O) groups excluding carboxylic acids is 1. The van der Waals surface area contributed by atoms with Crippen LogP contribution in [0.1, 0.15) is 39.5 Å². The summed E-state index contributed by atoms with van der Waals surface area (Å²) in [5.74, 6) is 0.705. The lowest BCUT2D eigenvalue weighted by molar-refractivity contribution is -0.121. The number of halogens is 2. The molecule has 0 unspecified atom stereocenters. The molecule has 2 aromatic rings. The summed E-state index contributed by atoms with van der Waals surface area (Å²) < 4.78 is 0. The van der Waals surface area contributed by atoms with Gasteiger partial charge in [-0.3, -0.25) is 4.79 Å². The number of pyridine rings is 1. The molecular formula is C17H28Cl2N4O2. The molecule has 1 fully saturated rings. The van der Waals surface area contributed by atoms with Crippen molar-refractivity contribution in [2.24, 2.45) is 17.6 Å². The van der Waals surface area contributed by atoms with Crippen LogP contribution in [0.2, 0.25) is 0 Å². The van der Waals surface area contributed by atoms with E-state index >= 15 is 0 Å². The van der Waals surface area contributed by atoms with Gasteiger partial charge in [0.1, 0.15) is 5.65 Å². The molecule has 0 spiro atoms. The van der Waals surface area contributed by atoms with Crippen LogP contribution in [0, 0.1) is 11.8 Å². The molecule has 1 aliphatic rings. The van der Waals surface area contributed by atoms with Gasteiger partial charge in [0.15, 0.2) is 0 Å². The second-order valence-corrected chi connectivity index (χ2v) is 6.96. The Balaban J connectivity index is 0.00000192. The summed E-state index contributed by atoms with van der Waals surface area (Å²) in [4.78, 5) is 19.8. The molecule has 0 atom stereocenters. The molecular weight excluding hydrogens is 363 g/mol. The fourth-order valence-electron chi connectivity index (χ4n) is 3.40. The second kappa shape index (κ2) is 9.38. The average molecular weight is 391 g/mol. The van der Waals surface area contributed by atoms with Crippen molar-refractivity contribution in [3.63, 3.8) is 0 Å². The van der Waals surface area contributed by atoms with E-state index in [9.17, 15) is 4.79 Å². The molecule has 8 heteroatoms. The summed E-state index contributed by atoms with van der Waals surface area (Å²) in [5.41, 5.74) is 7.67. The standard InChI is InChI=1S/C17H24N4O.2ClH.H2O/c1-17(2,18)12-5-3-11(4-6-12)16(22)21-14-8-10-20-15-13(14)7-9-19-15;;;/h7-12H,3-6,18H2,1-2H3,(H2,19,20,21,22);2*1H;1H2. The van der Waals surface area contributed by atoms with Crippen molar-refractivity contribution < 1.29 is 10.3 Å². The van der Waals surface area contributed by atoms with Crippen molar-refractivity contribution in [1.82, 2.24) is 9.97 Å². The lowest BCUT2D eigenvalue weighted by atomic mass is 9.73. The van der Waals surface area contributed by atoms with E-state index in [-0.39, 0.29) is 47.7 Å². The maximum absolute atomic E-state index is 12.5. The van der Waals surface area contributed by atoms with E-state index in [4.69, 9.17) is 5.73 Å². The maximum Gasteiger partial charge on any atom is 0.227 e. The van der Waals surface area contributed by atoms with E-state index in [1.54, 1.807) is 6.20 Å². The van der Waals surface area contributed by atoms with Gasteiger partial charge in [-0.25, -0.2) is 4.98 Å². The summed E-state index contributed by atoms with van der Waals surface area (Å²) in [6, 6.07) is 3.79. The molecule has 3 rings (SSSR count). The van der Waals surface area contributed by atoms with Crippen molar-refractivity contribution in [2.45, 2.75) is 45.1 Å². The average Bonchev–Trinajstić information content (AvgIpc) is 2.96. The van der Waals surface area contributed by atoms with Crippen molar-refractivity contribution >= 4 is 47.4 Å². The first-order valence-electron chi connectivity index (χ1n) is 7.97. The number of nitrogens with two attached hydrogens (primary N) is 1. The predicted octanol–water partition coefficient (Wildman–Crippen LogP) is 3.06. The molecule has 2 aromatic heterocycles. The molecule has 0 bridgehead atoms. The number of hydrogen-bond acceptors (Lipinski definition) is 3. The number of amides is 1. The number of nitrogens with one attached hydrogen (secondary N) is 2. The molecule has 142 valence electrons. The lowest BCUT2D eigenvalue weighted by Gasteiger charge is -2.36. The van der Waals surface area contributed by atoms with Crippen LogP contribution >= 0.6 is 24.8 Å². The van der Waals surface area contributed by atoms with Gasteiger partial charge in [-0.2, -0.15) is 0 Å². The van der Waals surface area contributed by atoms with Gasteiger partial charge in [0, 0.05) is 29.2 Å². The molecule has 1 aliphatic carbocycles. The lowest BCUT2D eigenvalue weighted by Crippen LogP contribution is -2.43. The topological polar surface area (TPSA) is 115 Å². The van der Waals surface area contributed by atoms with Gasteiger partial charge in [-0.1, -0.05) is 0 Å². The smallest absolute Gasteiger partial charge is 0.227 e. The number of anilines is 1. The summed E-state index contributed by atoms with van der Waals surface area (Å²) in [5, 5.41) is 4.02. The van der Waals surface area contributed by atoms with Crippen LogP contribution in [0.4, 0.5) is 5.69 Å². The minimum Gasteiger partial charge on any atom is -0.412 e. The Labute approximate surface area is 160 Å². The molecule has 0 aliphatic heterocycles. The van der Waals surface area contributed by atoms with Gasteiger partial charge in [0.2, 0.25) is 5.91 Å². The molecule has 1 amide bonds. The normalized spacial score (nSPS) is 20.0. The number of carbonyl (C=O) groups is 1. The Bertz CT molecular complexity index is 677. The Morgan fingerprint density at radius 1 is 1.24 bits per heavy atom. The minimum absolute atomic E-state index is 0. The zero-order valence-electron chi connectivity index (χ0n) is 14.5. The molecule has 0 radical (unpaired) electrons. The van der Waals surface area contributed by atoms with Crippen molar-refractivity contribution in [2.75, 3.05) is 5.32 Å². The molecule has 2 heterocycles. The van der Waals surface area contributed by atoms with E-state index in [1.807, 2.05) is 18.3 Å². The highest BCUT2D eigenvalue weighted by Crippen LogP contribution is 2.35. The first-order chi connectivity index (χ1) is 10.4. The van der Waals surface area contributed by atoms with Crippen LogP contribution in [0.3, 0.4) is 0 Å². The van der Waals surface area contributed by atoms with Gasteiger partial charge < -0.3 is 21.5 Å². The van der Waals surface area contributed by atoms with E-state index in [2.05, 4.69) is 29.1 Å². The van der Waals surface area contributed by atoms with E-state index in [0.29, 0.717) is 5.92 Å². The number of rotatable bonds is 3. The summed E-state index contributed by atoms with van der Waals surface area (Å²) in [6.07, 6.45) is 7.43. The molecule has 25 heavy (non-hydrogen) atoms. The molecule has 0 saturated heterocycles. The van der Waals surface area contributed by atoms with Crippen LogP contribution < -0.4 is 11.1 Å². The number of H-pyrrole nitrogens is 1. The van der Waals surface area contributed by atoms with Crippen LogP contribution in [-0.4, -0.2) is 26.9 Å². The Kier molecular flexibility index (Phi) is 8.88. The van der Waals surface area contributed by atoms with Crippen molar-refractivity contribution in [3.8, 4) is 0 Å². The minimum atomic E-state index is -0.149. The quantitative estimate of drug-likeness (QED) is 0.747. The van der Waals surface area contributed by atoms with Crippen LogP contribution in [-0.2, 0) is 4.79 Å². The Morgan fingerprint density at radius 3 is 2.48 bits per heavy atom. The monoisotopic (exact) mass is 390 g/mol. The highest BCUT2D eigenvalue weighted by Gasteiger charge is 2.32. The summed E-state index contributed by atoms with van der Waals surface area (Å²) >= 11 is 0. The third kappa shape index (κ3) is 5.31. The van der Waals surface area contributed by atoms with Crippen molar-refractivity contribution in [1.29, 1.82) is 0 Å². The van der Waals surface area contributed by atoms with Crippen LogP contribution in [0.15, 0.2) is 24.5 Å². The van der Waals surface area contributed by atoms with E-state index in [1.165, 1.54) is 0 Å². The fraction of sp³-hybridized carbons (Fsp3) is 0.529. The zero-order valence-corrected chi connectivity index (χ0v) is 16.2. The number of fused-ring (bicyclic) bond motifs is 1.